The van der Waals surface area contributed by atoms with Crippen molar-refractivity contribution in [3.8, 4) is 5.75 Å². The van der Waals surface area contributed by atoms with Gasteiger partial charge in [0, 0.05) is 31.3 Å². The molecular weight excluding hydrogens is 582 g/mol. The number of hydrogen-bond donors (Lipinski definition) is 1. The molecule has 46 heavy (non-hydrogen) atoms. The second-order valence-electron chi connectivity index (χ2n) is 11.6. The monoisotopic (exact) mass is 615 g/mol. The third-order valence-electron chi connectivity index (χ3n) is 9.12. The standard InChI is InChI=1S/C37H33N3O6/c1-44-30-19-17-29(18-20-30)37(27-13-7-3-8-14-27,28-15-9-4-10-16-28)40-25-36(39-22-21-33(41)38-35(39)43)23-31(40)32(46-36)24-45-34(42)26-11-5-2-6-12-26/h2-22,31-32H,23-25H2,1H3,(H,38,41,43)/t31-,32+,36-/m0/s1. The molecule has 9 heteroatoms. The van der Waals surface area contributed by atoms with Crippen molar-refractivity contribution in [2.75, 3.05) is 20.3 Å². The lowest BCUT2D eigenvalue weighted by Crippen LogP contribution is -2.60. The molecule has 0 aliphatic carbocycles. The first-order valence-electron chi connectivity index (χ1n) is 15.2. The van der Waals surface area contributed by atoms with Crippen LogP contribution in [0.5, 0.6) is 5.75 Å². The predicted molar refractivity (Wildman–Crippen MR) is 172 cm³/mol. The number of nitrogens with one attached hydrogen (secondary N) is 1. The Morgan fingerprint density at radius 3 is 2.02 bits per heavy atom. The van der Waals surface area contributed by atoms with Crippen LogP contribution >= 0.6 is 0 Å². The highest BCUT2D eigenvalue weighted by Crippen LogP contribution is 2.54. The van der Waals surface area contributed by atoms with E-state index in [1.807, 2.05) is 54.6 Å². The molecule has 7 rings (SSSR count). The van der Waals surface area contributed by atoms with E-state index in [1.165, 1.54) is 16.8 Å². The van der Waals surface area contributed by atoms with Crippen molar-refractivity contribution in [1.82, 2.24) is 14.5 Å². The topological polar surface area (TPSA) is 103 Å². The van der Waals surface area contributed by atoms with Gasteiger partial charge in [-0.05, 0) is 41.0 Å². The number of carbonyl (C=O) groups excluding carboxylic acids is 1. The summed E-state index contributed by atoms with van der Waals surface area (Å²) in [6.07, 6.45) is 1.31. The van der Waals surface area contributed by atoms with Gasteiger partial charge >= 0.3 is 11.7 Å². The van der Waals surface area contributed by atoms with E-state index < -0.39 is 34.6 Å². The number of rotatable bonds is 9. The Bertz CT molecular complexity index is 1900. The van der Waals surface area contributed by atoms with Crippen molar-refractivity contribution in [3.63, 3.8) is 0 Å². The van der Waals surface area contributed by atoms with Crippen LogP contribution in [0.1, 0.15) is 33.5 Å². The van der Waals surface area contributed by atoms with Gasteiger partial charge in [-0.1, -0.05) is 91.0 Å². The Morgan fingerprint density at radius 1 is 0.848 bits per heavy atom. The predicted octanol–water partition coefficient (Wildman–Crippen LogP) is 4.52. The van der Waals surface area contributed by atoms with Gasteiger partial charge in [-0.2, -0.15) is 0 Å². The number of nitrogens with zero attached hydrogens (tertiary/aromatic N) is 2. The first-order valence-corrected chi connectivity index (χ1v) is 15.2. The number of hydrogen-bond acceptors (Lipinski definition) is 7. The molecule has 4 aromatic carbocycles. The number of H-pyrrole nitrogens is 1. The largest absolute Gasteiger partial charge is 0.497 e. The maximum Gasteiger partial charge on any atom is 0.338 e. The summed E-state index contributed by atoms with van der Waals surface area (Å²) >= 11 is 0. The fraction of sp³-hybridized carbons (Fsp3) is 0.216. The van der Waals surface area contributed by atoms with Gasteiger partial charge in [-0.3, -0.25) is 19.2 Å². The molecule has 0 unspecified atom stereocenters. The zero-order valence-electron chi connectivity index (χ0n) is 25.2. The van der Waals surface area contributed by atoms with Gasteiger partial charge < -0.3 is 14.2 Å². The molecule has 0 radical (unpaired) electrons. The van der Waals surface area contributed by atoms with Gasteiger partial charge in [0.05, 0.1) is 18.2 Å². The van der Waals surface area contributed by atoms with E-state index in [2.05, 4.69) is 46.3 Å². The lowest BCUT2D eigenvalue weighted by molar-refractivity contribution is -0.166. The summed E-state index contributed by atoms with van der Waals surface area (Å²) in [5.41, 5.74) is 0.416. The molecule has 2 aliphatic rings. The van der Waals surface area contributed by atoms with E-state index in [9.17, 15) is 14.4 Å². The van der Waals surface area contributed by atoms with Gasteiger partial charge in [0.25, 0.3) is 5.56 Å². The number of aromatic amines is 1. The minimum atomic E-state index is -1.14. The average Bonchev–Trinajstić information content (AvgIpc) is 3.66. The van der Waals surface area contributed by atoms with Gasteiger partial charge in [0.1, 0.15) is 18.5 Å². The van der Waals surface area contributed by atoms with Crippen LogP contribution in [-0.4, -0.2) is 52.8 Å². The molecule has 5 aromatic rings. The van der Waals surface area contributed by atoms with Crippen LogP contribution in [0, 0.1) is 0 Å². The van der Waals surface area contributed by atoms with Gasteiger partial charge in [-0.25, -0.2) is 9.59 Å². The molecule has 0 saturated carbocycles. The van der Waals surface area contributed by atoms with Gasteiger partial charge in [-0.15, -0.1) is 0 Å². The molecule has 2 aliphatic heterocycles. The van der Waals surface area contributed by atoms with Crippen molar-refractivity contribution < 1.29 is 19.0 Å². The molecule has 1 aromatic heterocycles. The molecular formula is C37H33N3O6. The summed E-state index contributed by atoms with van der Waals surface area (Å²) in [5.74, 6) is 0.272. The van der Waals surface area contributed by atoms with Gasteiger partial charge in [0.2, 0.25) is 0 Å². The molecule has 2 fully saturated rings. The summed E-state index contributed by atoms with van der Waals surface area (Å²) in [6.45, 7) is 0.277. The zero-order chi connectivity index (χ0) is 31.7. The Morgan fingerprint density at radius 2 is 1.43 bits per heavy atom. The molecule has 0 spiro atoms. The normalized spacial score (nSPS) is 20.8. The van der Waals surface area contributed by atoms with E-state index in [1.54, 1.807) is 31.4 Å². The number of carbonyl (C=O) groups is 1. The quantitative estimate of drug-likeness (QED) is 0.192. The van der Waals surface area contributed by atoms with Gasteiger partial charge in [0.15, 0.2) is 5.72 Å². The number of fused-ring (bicyclic) bond motifs is 2. The van der Waals surface area contributed by atoms with E-state index in [0.717, 1.165) is 22.4 Å². The molecule has 2 bridgehead atoms. The van der Waals surface area contributed by atoms with E-state index in [-0.39, 0.29) is 12.6 Å². The first kappa shape index (κ1) is 29.5. The third-order valence-corrected chi connectivity index (χ3v) is 9.12. The van der Waals surface area contributed by atoms with Crippen molar-refractivity contribution in [1.29, 1.82) is 0 Å². The van der Waals surface area contributed by atoms with Crippen molar-refractivity contribution in [2.24, 2.45) is 0 Å². The van der Waals surface area contributed by atoms with Crippen molar-refractivity contribution in [3.05, 3.63) is 171 Å². The number of morpholine rings is 1. The maximum absolute atomic E-state index is 13.3. The number of likely N-dealkylation sites (tertiary alicyclic amines) is 1. The summed E-state index contributed by atoms with van der Waals surface area (Å²) in [5, 5.41) is 0. The third kappa shape index (κ3) is 4.94. The summed E-state index contributed by atoms with van der Waals surface area (Å²) in [6, 6.07) is 38.3. The SMILES string of the molecule is COc1ccc(C(c2ccccc2)(c2ccccc2)N2C[C@]3(n4ccc(=O)[nH]c4=O)C[C@H]2[C@@H](COC(=O)c2ccccc2)O3)cc1. The summed E-state index contributed by atoms with van der Waals surface area (Å²) in [7, 11) is 1.64. The zero-order valence-corrected chi connectivity index (χ0v) is 25.2. The lowest BCUT2D eigenvalue weighted by Gasteiger charge is -2.50. The van der Waals surface area contributed by atoms with Crippen LogP contribution in [0.2, 0.25) is 0 Å². The Kier molecular flexibility index (Phi) is 7.64. The van der Waals surface area contributed by atoms with Crippen LogP contribution in [0.3, 0.4) is 0 Å². The molecule has 3 atom stereocenters. The second kappa shape index (κ2) is 11.9. The van der Waals surface area contributed by atoms with Crippen LogP contribution in [0.25, 0.3) is 0 Å². The van der Waals surface area contributed by atoms with E-state index in [4.69, 9.17) is 14.2 Å². The minimum Gasteiger partial charge on any atom is -0.497 e. The van der Waals surface area contributed by atoms with Crippen LogP contribution in [0.15, 0.2) is 137 Å². The lowest BCUT2D eigenvalue weighted by atomic mass is 9.74. The molecule has 1 N–H and O–H groups in total. The fourth-order valence-corrected chi connectivity index (χ4v) is 7.15. The van der Waals surface area contributed by atoms with Crippen molar-refractivity contribution in [2.45, 2.75) is 29.8 Å². The summed E-state index contributed by atoms with van der Waals surface area (Å²) in [4.78, 5) is 43.2. The Balaban J connectivity index is 1.40. The highest BCUT2D eigenvalue weighted by molar-refractivity contribution is 5.89. The second-order valence-corrected chi connectivity index (χ2v) is 11.6. The Hall–Kier alpha value is -5.25. The average molecular weight is 616 g/mol. The number of ether oxygens (including phenoxy) is 3. The van der Waals surface area contributed by atoms with Crippen molar-refractivity contribution >= 4 is 5.97 Å². The molecule has 0 amide bonds. The molecule has 2 saturated heterocycles. The minimum absolute atomic E-state index is 0.0307. The summed E-state index contributed by atoms with van der Waals surface area (Å²) < 4.78 is 19.6. The number of benzene rings is 4. The van der Waals surface area contributed by atoms with Crippen LogP contribution in [-0.2, 0) is 20.7 Å². The molecule has 9 nitrogen and oxygen atoms in total. The highest BCUT2D eigenvalue weighted by Gasteiger charge is 2.63. The van der Waals surface area contributed by atoms with E-state index in [0.29, 0.717) is 18.5 Å². The van der Waals surface area contributed by atoms with Crippen LogP contribution in [0.4, 0.5) is 0 Å². The maximum atomic E-state index is 13.3. The molecule has 232 valence electrons. The number of esters is 1. The first-order chi connectivity index (χ1) is 22.4. The van der Waals surface area contributed by atoms with E-state index >= 15 is 0 Å². The van der Waals surface area contributed by atoms with Crippen LogP contribution < -0.4 is 16.0 Å². The number of methoxy groups -OCH3 is 1. The Labute approximate surface area is 265 Å². The fourth-order valence-electron chi connectivity index (χ4n) is 7.15. The molecule has 3 heterocycles. The highest BCUT2D eigenvalue weighted by atomic mass is 16.6. The number of aromatic nitrogens is 2. The smallest absolute Gasteiger partial charge is 0.338 e.